The highest BCUT2D eigenvalue weighted by Gasteiger charge is 2.31. The number of carbonyl (C=O) groups excluding carboxylic acids is 1. The van der Waals surface area contributed by atoms with Crippen LogP contribution in [0, 0.1) is 12.3 Å². The van der Waals surface area contributed by atoms with Gasteiger partial charge in [-0.1, -0.05) is 36.4 Å². The third-order valence-electron chi connectivity index (χ3n) is 5.18. The number of carboxylic acid groups (broad SMARTS) is 1. The molecule has 9 nitrogen and oxygen atoms in total. The Morgan fingerprint density at radius 3 is 2.26 bits per heavy atom. The standard InChI is InChI=1S/C24H21N3O6S/c1-3-7-14-10-11-15(24(29)30)21(33-2)18(14)17-12-16(13-8-5-4-6-9-13)20(25)19(23(26)28)22(17)34(27,31)32/h1,4-6,8-12H,7,25H2,2H3,(H2,26,28)(H,29,30)(H2,27,31,32). The van der Waals surface area contributed by atoms with Gasteiger partial charge in [-0.3, -0.25) is 4.79 Å². The third-order valence-corrected chi connectivity index (χ3v) is 6.17. The Bertz CT molecular complexity index is 1460. The van der Waals surface area contributed by atoms with Gasteiger partial charge in [0.1, 0.15) is 16.2 Å². The second kappa shape index (κ2) is 9.27. The van der Waals surface area contributed by atoms with E-state index in [2.05, 4.69) is 5.92 Å². The van der Waals surface area contributed by atoms with Crippen LogP contribution in [0.25, 0.3) is 22.3 Å². The molecule has 3 aromatic rings. The number of hydrogen-bond donors (Lipinski definition) is 4. The van der Waals surface area contributed by atoms with Crippen LogP contribution in [0.3, 0.4) is 0 Å². The van der Waals surface area contributed by atoms with Gasteiger partial charge in [-0.05, 0) is 23.3 Å². The van der Waals surface area contributed by atoms with Crippen LogP contribution in [-0.2, 0) is 16.4 Å². The second-order valence-electron chi connectivity index (χ2n) is 7.23. The van der Waals surface area contributed by atoms with Crippen molar-refractivity contribution in [2.45, 2.75) is 11.3 Å². The molecule has 34 heavy (non-hydrogen) atoms. The number of carboxylic acids is 1. The van der Waals surface area contributed by atoms with Crippen molar-refractivity contribution < 1.29 is 27.9 Å². The van der Waals surface area contributed by atoms with Crippen molar-refractivity contribution in [3.05, 3.63) is 65.2 Å². The topological polar surface area (TPSA) is 176 Å². The lowest BCUT2D eigenvalue weighted by atomic mass is 9.89. The van der Waals surface area contributed by atoms with E-state index in [1.54, 1.807) is 30.3 Å². The van der Waals surface area contributed by atoms with E-state index in [-0.39, 0.29) is 40.1 Å². The Balaban J connectivity index is 2.66. The maximum atomic E-state index is 12.8. The van der Waals surface area contributed by atoms with E-state index in [9.17, 15) is 23.1 Å². The van der Waals surface area contributed by atoms with Crippen LogP contribution in [0.4, 0.5) is 5.69 Å². The first-order valence-corrected chi connectivity index (χ1v) is 11.3. The number of hydrogen-bond acceptors (Lipinski definition) is 6. The number of rotatable bonds is 7. The van der Waals surface area contributed by atoms with E-state index in [1.165, 1.54) is 25.3 Å². The van der Waals surface area contributed by atoms with Crippen LogP contribution >= 0.6 is 0 Å². The predicted octanol–water partition coefficient (Wildman–Crippen LogP) is 2.23. The number of anilines is 1. The fraction of sp³-hybridized carbons (Fsp3) is 0.0833. The summed E-state index contributed by atoms with van der Waals surface area (Å²) in [5.41, 5.74) is 11.9. The van der Waals surface area contributed by atoms with E-state index >= 15 is 0 Å². The normalized spacial score (nSPS) is 11.0. The summed E-state index contributed by atoms with van der Waals surface area (Å²) in [6, 6.07) is 12.7. The van der Waals surface area contributed by atoms with Gasteiger partial charge in [-0.25, -0.2) is 18.4 Å². The summed E-state index contributed by atoms with van der Waals surface area (Å²) in [5.74, 6) is -0.170. The summed E-state index contributed by atoms with van der Waals surface area (Å²) in [5, 5.41) is 15.2. The van der Waals surface area contributed by atoms with Gasteiger partial charge in [0.2, 0.25) is 10.0 Å². The summed E-state index contributed by atoms with van der Waals surface area (Å²) in [7, 11) is -3.38. The van der Waals surface area contributed by atoms with Gasteiger partial charge in [0, 0.05) is 23.1 Å². The smallest absolute Gasteiger partial charge is 0.339 e. The molecule has 0 aliphatic rings. The number of methoxy groups -OCH3 is 1. The summed E-state index contributed by atoms with van der Waals surface area (Å²) in [6.45, 7) is 0. The highest BCUT2D eigenvalue weighted by atomic mass is 32.2. The maximum Gasteiger partial charge on any atom is 0.339 e. The number of carbonyl (C=O) groups is 2. The minimum atomic E-state index is -4.60. The number of benzene rings is 3. The zero-order valence-corrected chi connectivity index (χ0v) is 18.8. The molecule has 174 valence electrons. The first-order chi connectivity index (χ1) is 16.0. The molecule has 0 saturated carbocycles. The highest BCUT2D eigenvalue weighted by Crippen LogP contribution is 2.45. The van der Waals surface area contributed by atoms with Crippen LogP contribution < -0.4 is 21.3 Å². The molecule has 0 saturated heterocycles. The van der Waals surface area contributed by atoms with E-state index in [0.717, 1.165) is 0 Å². The summed E-state index contributed by atoms with van der Waals surface area (Å²) in [4.78, 5) is 23.7. The van der Waals surface area contributed by atoms with E-state index in [0.29, 0.717) is 11.1 Å². The molecule has 0 spiro atoms. The molecule has 7 N–H and O–H groups in total. The van der Waals surface area contributed by atoms with Gasteiger partial charge in [-0.2, -0.15) is 0 Å². The van der Waals surface area contributed by atoms with Crippen molar-refractivity contribution in [2.24, 2.45) is 10.9 Å². The summed E-state index contributed by atoms with van der Waals surface area (Å²) < 4.78 is 30.9. The Morgan fingerprint density at radius 1 is 1.12 bits per heavy atom. The minimum Gasteiger partial charge on any atom is -0.495 e. The molecule has 0 heterocycles. The zero-order valence-electron chi connectivity index (χ0n) is 18.0. The molecule has 0 bridgehead atoms. The fourth-order valence-electron chi connectivity index (χ4n) is 3.82. The molecule has 0 unspecified atom stereocenters. The number of primary amides is 1. The zero-order chi connectivity index (χ0) is 25.2. The SMILES string of the molecule is C#CCc1ccc(C(=O)O)c(OC)c1-c1cc(-c2ccccc2)c(N)c(C(N)=O)c1S(N)(=O)=O. The Labute approximate surface area is 196 Å². The predicted molar refractivity (Wildman–Crippen MR) is 128 cm³/mol. The lowest BCUT2D eigenvalue weighted by Crippen LogP contribution is -2.24. The molecule has 1 amide bonds. The van der Waals surface area contributed by atoms with E-state index < -0.39 is 32.4 Å². The fourth-order valence-corrected chi connectivity index (χ4v) is 4.78. The van der Waals surface area contributed by atoms with Crippen LogP contribution in [0.1, 0.15) is 26.3 Å². The van der Waals surface area contributed by atoms with E-state index in [4.69, 9.17) is 27.8 Å². The first kappa shape index (κ1) is 24.3. The Hall–Kier alpha value is -4.33. The van der Waals surface area contributed by atoms with Crippen LogP contribution in [0.5, 0.6) is 5.75 Å². The van der Waals surface area contributed by atoms with Crippen LogP contribution in [-0.4, -0.2) is 32.5 Å². The average Bonchev–Trinajstić information content (AvgIpc) is 2.78. The van der Waals surface area contributed by atoms with Crippen molar-refractivity contribution in [3.8, 4) is 40.3 Å². The van der Waals surface area contributed by atoms with Crippen LogP contribution in [0.15, 0.2) is 53.4 Å². The molecule has 0 aromatic heterocycles. The van der Waals surface area contributed by atoms with Crippen molar-refractivity contribution >= 4 is 27.6 Å². The monoisotopic (exact) mass is 479 g/mol. The number of aromatic carboxylic acids is 1. The number of nitrogens with two attached hydrogens (primary N) is 3. The van der Waals surface area contributed by atoms with Gasteiger partial charge in [0.05, 0.1) is 18.4 Å². The molecule has 0 aliphatic carbocycles. The quantitative estimate of drug-likeness (QED) is 0.297. The van der Waals surface area contributed by atoms with Crippen molar-refractivity contribution in [2.75, 3.05) is 12.8 Å². The molecule has 3 rings (SSSR count). The minimum absolute atomic E-state index is 0.00734. The molecule has 3 aromatic carbocycles. The number of amides is 1. The number of sulfonamides is 1. The van der Waals surface area contributed by atoms with Gasteiger partial charge in [0.15, 0.2) is 0 Å². The molecule has 0 atom stereocenters. The maximum absolute atomic E-state index is 12.8. The van der Waals surface area contributed by atoms with Gasteiger partial charge >= 0.3 is 5.97 Å². The number of nitrogen functional groups attached to an aromatic ring is 1. The largest absolute Gasteiger partial charge is 0.495 e. The van der Waals surface area contributed by atoms with Crippen molar-refractivity contribution in [3.63, 3.8) is 0 Å². The van der Waals surface area contributed by atoms with Gasteiger partial charge in [-0.15, -0.1) is 12.3 Å². The molecule has 0 radical (unpaired) electrons. The lowest BCUT2D eigenvalue weighted by Gasteiger charge is -2.22. The van der Waals surface area contributed by atoms with Gasteiger partial charge in [0.25, 0.3) is 5.91 Å². The summed E-state index contributed by atoms with van der Waals surface area (Å²) in [6.07, 6.45) is 5.49. The number of terminal acetylenes is 1. The second-order valence-corrected chi connectivity index (χ2v) is 8.73. The van der Waals surface area contributed by atoms with E-state index in [1.807, 2.05) is 0 Å². The molecule has 0 aliphatic heterocycles. The third kappa shape index (κ3) is 4.30. The first-order valence-electron chi connectivity index (χ1n) is 9.74. The average molecular weight is 480 g/mol. The van der Waals surface area contributed by atoms with Crippen molar-refractivity contribution in [1.29, 1.82) is 0 Å². The molecule has 0 fully saturated rings. The highest BCUT2D eigenvalue weighted by molar-refractivity contribution is 7.89. The number of ether oxygens (including phenoxy) is 1. The lowest BCUT2D eigenvalue weighted by molar-refractivity contribution is 0.0693. The summed E-state index contributed by atoms with van der Waals surface area (Å²) >= 11 is 0. The molecular weight excluding hydrogens is 458 g/mol. The molecular formula is C24H21N3O6S. The van der Waals surface area contributed by atoms with Gasteiger partial charge < -0.3 is 21.3 Å². The Morgan fingerprint density at radius 2 is 1.76 bits per heavy atom. The number of primary sulfonamides is 1. The molecule has 10 heteroatoms. The van der Waals surface area contributed by atoms with Crippen molar-refractivity contribution in [1.82, 2.24) is 0 Å². The Kier molecular flexibility index (Phi) is 6.63. The van der Waals surface area contributed by atoms with Crippen LogP contribution in [0.2, 0.25) is 0 Å².